The van der Waals surface area contributed by atoms with Crippen molar-refractivity contribution in [1.29, 1.82) is 0 Å². The van der Waals surface area contributed by atoms with E-state index in [0.29, 0.717) is 37.9 Å². The van der Waals surface area contributed by atoms with Gasteiger partial charge in [-0.1, -0.05) is 36.3 Å². The Bertz CT molecular complexity index is 920. The molecule has 0 saturated heterocycles. The minimum atomic E-state index is -0.0858. The second-order valence-electron chi connectivity index (χ2n) is 6.67. The Morgan fingerprint density at radius 3 is 2.37 bits per heavy atom. The fourth-order valence-corrected chi connectivity index (χ4v) is 2.83. The lowest BCUT2D eigenvalue weighted by atomic mass is 10.1. The maximum Gasteiger partial charge on any atom is 0.227 e. The van der Waals surface area contributed by atoms with Crippen LogP contribution in [0.15, 0.2) is 53.1 Å². The van der Waals surface area contributed by atoms with Crippen LogP contribution in [-0.2, 0) is 17.6 Å². The molecule has 0 fully saturated rings. The third-order valence-corrected chi connectivity index (χ3v) is 4.48. The highest BCUT2D eigenvalue weighted by Crippen LogP contribution is 2.18. The van der Waals surface area contributed by atoms with E-state index < -0.39 is 0 Å². The number of rotatable bonds is 11. The first-order valence-corrected chi connectivity index (χ1v) is 10.2. The Hall–Kier alpha value is -3.35. The molecule has 2 aromatic carbocycles. The van der Waals surface area contributed by atoms with Crippen LogP contribution in [0, 0.1) is 0 Å². The molecule has 0 aliphatic rings. The predicted molar refractivity (Wildman–Crippen MR) is 114 cm³/mol. The van der Waals surface area contributed by atoms with E-state index in [4.69, 9.17) is 14.0 Å². The van der Waals surface area contributed by atoms with E-state index in [-0.39, 0.29) is 12.3 Å². The summed E-state index contributed by atoms with van der Waals surface area (Å²) in [5.74, 6) is 2.44. The Morgan fingerprint density at radius 1 is 1.00 bits per heavy atom. The second-order valence-corrected chi connectivity index (χ2v) is 6.67. The fourth-order valence-electron chi connectivity index (χ4n) is 2.83. The number of nitrogens with zero attached hydrogens (tertiary/aromatic N) is 2. The maximum absolute atomic E-state index is 12.0. The van der Waals surface area contributed by atoms with Gasteiger partial charge in [0.25, 0.3) is 0 Å². The Labute approximate surface area is 176 Å². The summed E-state index contributed by atoms with van der Waals surface area (Å²) >= 11 is 0. The van der Waals surface area contributed by atoms with Crippen LogP contribution in [0.3, 0.4) is 0 Å². The van der Waals surface area contributed by atoms with Crippen molar-refractivity contribution >= 4 is 5.91 Å². The summed E-state index contributed by atoms with van der Waals surface area (Å²) in [5, 5.41) is 6.83. The van der Waals surface area contributed by atoms with Crippen molar-refractivity contribution in [3.8, 4) is 22.9 Å². The van der Waals surface area contributed by atoms with Crippen molar-refractivity contribution in [2.75, 3.05) is 19.8 Å². The van der Waals surface area contributed by atoms with Crippen LogP contribution in [-0.4, -0.2) is 35.8 Å². The van der Waals surface area contributed by atoms with Gasteiger partial charge >= 0.3 is 0 Å². The molecule has 0 unspecified atom stereocenters. The SMILES string of the molecule is CCOc1ccc(OCCNC(=O)CCc2nc(-c3ccc(CC)cc3)no2)cc1. The van der Waals surface area contributed by atoms with Crippen molar-refractivity contribution in [2.45, 2.75) is 33.1 Å². The monoisotopic (exact) mass is 409 g/mol. The van der Waals surface area contributed by atoms with E-state index in [0.717, 1.165) is 23.5 Å². The quantitative estimate of drug-likeness (QED) is 0.485. The average Bonchev–Trinajstić information content (AvgIpc) is 3.26. The first-order chi connectivity index (χ1) is 14.7. The second kappa shape index (κ2) is 11.0. The van der Waals surface area contributed by atoms with Crippen LogP contribution in [0.25, 0.3) is 11.4 Å². The molecule has 0 atom stereocenters. The van der Waals surface area contributed by atoms with Gasteiger partial charge in [0.15, 0.2) is 0 Å². The minimum Gasteiger partial charge on any atom is -0.494 e. The number of ether oxygens (including phenoxy) is 2. The number of carbonyl (C=O) groups excluding carboxylic acids is 1. The fraction of sp³-hybridized carbons (Fsp3) is 0.348. The molecule has 158 valence electrons. The van der Waals surface area contributed by atoms with Crippen molar-refractivity contribution < 1.29 is 18.8 Å². The largest absolute Gasteiger partial charge is 0.494 e. The number of carbonyl (C=O) groups is 1. The molecule has 3 aromatic rings. The molecular weight excluding hydrogens is 382 g/mol. The van der Waals surface area contributed by atoms with Crippen molar-refractivity contribution in [3.63, 3.8) is 0 Å². The minimum absolute atomic E-state index is 0.0858. The van der Waals surface area contributed by atoms with Crippen LogP contribution in [0.2, 0.25) is 0 Å². The zero-order valence-corrected chi connectivity index (χ0v) is 17.4. The van der Waals surface area contributed by atoms with Gasteiger partial charge in [-0.15, -0.1) is 0 Å². The lowest BCUT2D eigenvalue weighted by Crippen LogP contribution is -2.28. The van der Waals surface area contributed by atoms with Gasteiger partial charge < -0.3 is 19.3 Å². The Balaban J connectivity index is 1.36. The first-order valence-electron chi connectivity index (χ1n) is 10.2. The summed E-state index contributed by atoms with van der Waals surface area (Å²) in [5.41, 5.74) is 2.16. The summed E-state index contributed by atoms with van der Waals surface area (Å²) in [6.45, 7) is 5.49. The number of benzene rings is 2. The van der Waals surface area contributed by atoms with Crippen molar-refractivity contribution in [3.05, 3.63) is 60.0 Å². The molecule has 0 bridgehead atoms. The predicted octanol–water partition coefficient (Wildman–Crippen LogP) is 3.83. The van der Waals surface area contributed by atoms with Gasteiger partial charge in [-0.25, -0.2) is 0 Å². The van der Waals surface area contributed by atoms with Crippen molar-refractivity contribution in [2.24, 2.45) is 0 Å². The van der Waals surface area contributed by atoms with Crippen LogP contribution in [0.4, 0.5) is 0 Å². The molecular formula is C23H27N3O4. The lowest BCUT2D eigenvalue weighted by molar-refractivity contribution is -0.121. The van der Waals surface area contributed by atoms with E-state index in [1.165, 1.54) is 5.56 Å². The van der Waals surface area contributed by atoms with Crippen LogP contribution >= 0.6 is 0 Å². The topological polar surface area (TPSA) is 86.5 Å². The molecule has 0 saturated carbocycles. The van der Waals surface area contributed by atoms with Gasteiger partial charge in [0, 0.05) is 18.4 Å². The van der Waals surface area contributed by atoms with E-state index in [1.54, 1.807) is 0 Å². The van der Waals surface area contributed by atoms with Gasteiger partial charge in [-0.2, -0.15) is 4.98 Å². The van der Waals surface area contributed by atoms with Gasteiger partial charge in [0.1, 0.15) is 18.1 Å². The molecule has 1 heterocycles. The van der Waals surface area contributed by atoms with Crippen LogP contribution in [0.5, 0.6) is 11.5 Å². The number of nitrogens with one attached hydrogen (secondary N) is 1. The number of hydrogen-bond acceptors (Lipinski definition) is 6. The van der Waals surface area contributed by atoms with Gasteiger partial charge in [-0.3, -0.25) is 4.79 Å². The van der Waals surface area contributed by atoms with Crippen LogP contribution < -0.4 is 14.8 Å². The molecule has 3 rings (SSSR count). The summed E-state index contributed by atoms with van der Waals surface area (Å²) < 4.78 is 16.3. The average molecular weight is 409 g/mol. The first kappa shape index (κ1) is 21.4. The van der Waals surface area contributed by atoms with Crippen molar-refractivity contribution in [1.82, 2.24) is 15.5 Å². The van der Waals surface area contributed by atoms with E-state index >= 15 is 0 Å². The molecule has 30 heavy (non-hydrogen) atoms. The molecule has 7 nitrogen and oxygen atoms in total. The lowest BCUT2D eigenvalue weighted by Gasteiger charge is -2.08. The summed E-state index contributed by atoms with van der Waals surface area (Å²) in [7, 11) is 0. The zero-order chi connectivity index (χ0) is 21.2. The van der Waals surface area contributed by atoms with Gasteiger partial charge in [-0.05, 0) is 43.2 Å². The number of aryl methyl sites for hydroxylation is 2. The third kappa shape index (κ3) is 6.34. The summed E-state index contributed by atoms with van der Waals surface area (Å²) in [6.07, 6.45) is 1.66. The van der Waals surface area contributed by atoms with E-state index in [2.05, 4.69) is 22.4 Å². The van der Waals surface area contributed by atoms with E-state index in [9.17, 15) is 4.79 Å². The molecule has 0 radical (unpaired) electrons. The summed E-state index contributed by atoms with van der Waals surface area (Å²) in [4.78, 5) is 16.4. The standard InChI is InChI=1S/C23H27N3O4/c1-3-17-5-7-18(8-6-17)23-25-22(30-26-23)14-13-21(27)24-15-16-29-20-11-9-19(10-12-20)28-4-2/h5-12H,3-4,13-16H2,1-2H3,(H,24,27). The Kier molecular flexibility index (Phi) is 7.83. The smallest absolute Gasteiger partial charge is 0.227 e. The normalized spacial score (nSPS) is 10.6. The van der Waals surface area contributed by atoms with Crippen LogP contribution in [0.1, 0.15) is 31.7 Å². The number of amides is 1. The number of aromatic nitrogens is 2. The molecule has 7 heteroatoms. The molecule has 0 spiro atoms. The molecule has 0 aliphatic heterocycles. The molecule has 1 amide bonds. The third-order valence-electron chi connectivity index (χ3n) is 4.48. The zero-order valence-electron chi connectivity index (χ0n) is 17.4. The van der Waals surface area contributed by atoms with Gasteiger partial charge in [0.05, 0.1) is 13.2 Å². The highest BCUT2D eigenvalue weighted by atomic mass is 16.5. The highest BCUT2D eigenvalue weighted by Gasteiger charge is 2.10. The Morgan fingerprint density at radius 2 is 1.70 bits per heavy atom. The van der Waals surface area contributed by atoms with E-state index in [1.807, 2.05) is 55.5 Å². The summed E-state index contributed by atoms with van der Waals surface area (Å²) in [6, 6.07) is 15.4. The molecule has 1 N–H and O–H groups in total. The molecule has 0 aliphatic carbocycles. The van der Waals surface area contributed by atoms with Gasteiger partial charge in [0.2, 0.25) is 17.6 Å². The maximum atomic E-state index is 12.0. The molecule has 1 aromatic heterocycles. The highest BCUT2D eigenvalue weighted by molar-refractivity contribution is 5.76. The number of hydrogen-bond donors (Lipinski definition) is 1.